The van der Waals surface area contributed by atoms with E-state index in [-0.39, 0.29) is 5.91 Å². The Kier molecular flexibility index (Phi) is 4.32. The minimum absolute atomic E-state index is 0.234. The van der Waals surface area contributed by atoms with Crippen LogP contribution in [0.2, 0.25) is 0 Å². The summed E-state index contributed by atoms with van der Waals surface area (Å²) >= 11 is 0. The first-order chi connectivity index (χ1) is 13.2. The molecule has 1 aromatic heterocycles. The highest BCUT2D eigenvalue weighted by molar-refractivity contribution is 6.62. The normalized spacial score (nSPS) is 17.8. The predicted molar refractivity (Wildman–Crippen MR) is 109 cm³/mol. The van der Waals surface area contributed by atoms with Crippen LogP contribution < -0.4 is 10.8 Å². The largest absolute Gasteiger partial charge is 0.494 e. The molecular weight excluding hydrogens is 355 g/mol. The van der Waals surface area contributed by atoms with Gasteiger partial charge >= 0.3 is 7.12 Å². The van der Waals surface area contributed by atoms with E-state index in [9.17, 15) is 4.79 Å². The summed E-state index contributed by atoms with van der Waals surface area (Å²) in [6.45, 7) is 9.90. The molecule has 0 unspecified atom stereocenters. The highest BCUT2D eigenvalue weighted by Crippen LogP contribution is 2.36. The number of hydrogen-bond acceptors (Lipinski definition) is 5. The summed E-state index contributed by atoms with van der Waals surface area (Å²) in [6, 6.07) is 13.2. The fourth-order valence-electron chi connectivity index (χ4n) is 3.23. The average molecular weight is 378 g/mol. The van der Waals surface area contributed by atoms with E-state index < -0.39 is 18.3 Å². The van der Waals surface area contributed by atoms with Gasteiger partial charge in [0.05, 0.1) is 11.2 Å². The maximum Gasteiger partial charge on any atom is 0.494 e. The highest BCUT2D eigenvalue weighted by Gasteiger charge is 2.51. The van der Waals surface area contributed by atoms with E-state index in [1.54, 1.807) is 19.1 Å². The van der Waals surface area contributed by atoms with E-state index in [1.807, 2.05) is 58.0 Å². The average Bonchev–Trinajstić information content (AvgIpc) is 3.13. The Morgan fingerprint density at radius 1 is 1.04 bits per heavy atom. The van der Waals surface area contributed by atoms with Gasteiger partial charge in [0.2, 0.25) is 0 Å². The van der Waals surface area contributed by atoms with Crippen LogP contribution in [0.3, 0.4) is 0 Å². The Hall–Kier alpha value is -2.64. The lowest BCUT2D eigenvalue weighted by atomic mass is 9.78. The zero-order valence-corrected chi connectivity index (χ0v) is 16.7. The molecule has 3 aromatic rings. The number of carbonyl (C=O) groups excluding carboxylic acids is 1. The van der Waals surface area contributed by atoms with Gasteiger partial charge in [-0.05, 0) is 56.9 Å². The number of anilines is 1. The van der Waals surface area contributed by atoms with Gasteiger partial charge in [0.15, 0.2) is 5.82 Å². The molecule has 1 aliphatic rings. The van der Waals surface area contributed by atoms with Crippen LogP contribution in [0.5, 0.6) is 0 Å². The van der Waals surface area contributed by atoms with Crippen LogP contribution in [0.4, 0.5) is 5.82 Å². The molecule has 0 saturated carbocycles. The van der Waals surface area contributed by atoms with E-state index in [2.05, 4.69) is 10.5 Å². The Morgan fingerprint density at radius 2 is 1.75 bits per heavy atom. The van der Waals surface area contributed by atoms with Crippen molar-refractivity contribution in [1.29, 1.82) is 0 Å². The number of carbonyl (C=O) groups is 1. The van der Waals surface area contributed by atoms with E-state index in [4.69, 9.17) is 13.8 Å². The van der Waals surface area contributed by atoms with Crippen LogP contribution in [0.1, 0.15) is 43.8 Å². The minimum Gasteiger partial charge on any atom is -0.399 e. The number of benzene rings is 2. The van der Waals surface area contributed by atoms with Crippen LogP contribution in [0.25, 0.3) is 10.8 Å². The second-order valence-electron chi connectivity index (χ2n) is 8.15. The number of rotatable bonds is 3. The minimum atomic E-state index is -0.440. The van der Waals surface area contributed by atoms with Gasteiger partial charge in [-0.1, -0.05) is 35.5 Å². The molecule has 0 spiro atoms. The van der Waals surface area contributed by atoms with Crippen molar-refractivity contribution in [3.63, 3.8) is 0 Å². The summed E-state index contributed by atoms with van der Waals surface area (Å²) < 4.78 is 17.3. The fraction of sp³-hybridized carbons (Fsp3) is 0.333. The second kappa shape index (κ2) is 6.46. The molecule has 0 atom stereocenters. The third kappa shape index (κ3) is 3.21. The van der Waals surface area contributed by atoms with Crippen LogP contribution in [-0.2, 0) is 9.31 Å². The lowest BCUT2D eigenvalue weighted by molar-refractivity contribution is 0.00578. The number of hydrogen-bond donors (Lipinski definition) is 1. The first-order valence-electron chi connectivity index (χ1n) is 9.29. The standard InChI is InChI=1S/C21H23BN2O4/c1-13-11-18(24-26-13)23-19(25)17-8-6-7-14-12-15(9-10-16(14)17)22-27-20(2,3)21(4,5)28-22/h6-12H,1-5H3,(H,23,24,25). The molecule has 0 aliphatic carbocycles. The first kappa shape index (κ1) is 18.7. The van der Waals surface area contributed by atoms with Crippen molar-refractivity contribution in [1.82, 2.24) is 5.16 Å². The topological polar surface area (TPSA) is 73.6 Å². The summed E-state index contributed by atoms with van der Waals surface area (Å²) in [5.74, 6) is 0.802. The number of nitrogens with one attached hydrogen (secondary N) is 1. The molecule has 0 radical (unpaired) electrons. The number of aryl methyl sites for hydroxylation is 1. The Balaban J connectivity index is 1.64. The fourth-order valence-corrected chi connectivity index (χ4v) is 3.23. The monoisotopic (exact) mass is 378 g/mol. The van der Waals surface area contributed by atoms with Gasteiger partial charge in [0, 0.05) is 11.6 Å². The van der Waals surface area contributed by atoms with Crippen molar-refractivity contribution in [3.05, 3.63) is 53.8 Å². The highest BCUT2D eigenvalue weighted by atomic mass is 16.7. The van der Waals surface area contributed by atoms with E-state index in [0.29, 0.717) is 17.1 Å². The van der Waals surface area contributed by atoms with Crippen LogP contribution >= 0.6 is 0 Å². The van der Waals surface area contributed by atoms with Gasteiger partial charge in [0.25, 0.3) is 5.91 Å². The van der Waals surface area contributed by atoms with Crippen molar-refractivity contribution < 1.29 is 18.6 Å². The smallest absolute Gasteiger partial charge is 0.399 e. The summed E-state index contributed by atoms with van der Waals surface area (Å²) in [7, 11) is -0.440. The molecule has 1 aliphatic heterocycles. The molecule has 1 amide bonds. The van der Waals surface area contributed by atoms with Crippen molar-refractivity contribution in [3.8, 4) is 0 Å². The van der Waals surface area contributed by atoms with Crippen molar-refractivity contribution in [2.75, 3.05) is 5.32 Å². The maximum absolute atomic E-state index is 12.7. The van der Waals surface area contributed by atoms with Crippen molar-refractivity contribution in [2.45, 2.75) is 45.8 Å². The van der Waals surface area contributed by atoms with Gasteiger partial charge in [-0.15, -0.1) is 0 Å². The molecule has 2 heterocycles. The summed E-state index contributed by atoms with van der Waals surface area (Å²) in [6.07, 6.45) is 0. The lowest BCUT2D eigenvalue weighted by Crippen LogP contribution is -2.41. The molecule has 144 valence electrons. The molecule has 1 fully saturated rings. The Morgan fingerprint density at radius 3 is 2.39 bits per heavy atom. The number of nitrogens with zero attached hydrogens (tertiary/aromatic N) is 1. The van der Waals surface area contributed by atoms with E-state index in [1.165, 1.54) is 0 Å². The van der Waals surface area contributed by atoms with Gasteiger partial charge in [-0.3, -0.25) is 4.79 Å². The van der Waals surface area contributed by atoms with Crippen LogP contribution in [0, 0.1) is 6.92 Å². The summed E-state index contributed by atoms with van der Waals surface area (Å²) in [5.41, 5.74) is 0.697. The van der Waals surface area contributed by atoms with Crippen LogP contribution in [0.15, 0.2) is 47.0 Å². The van der Waals surface area contributed by atoms with Gasteiger partial charge in [-0.2, -0.15) is 0 Å². The maximum atomic E-state index is 12.7. The molecule has 4 rings (SSSR count). The number of fused-ring (bicyclic) bond motifs is 1. The molecule has 7 heteroatoms. The SMILES string of the molecule is Cc1cc(NC(=O)c2cccc3cc(B4OC(C)(C)C(C)(C)O4)ccc23)no1. The first-order valence-corrected chi connectivity index (χ1v) is 9.29. The van der Waals surface area contributed by atoms with Crippen molar-refractivity contribution in [2.24, 2.45) is 0 Å². The molecule has 28 heavy (non-hydrogen) atoms. The molecule has 6 nitrogen and oxygen atoms in total. The molecule has 2 aromatic carbocycles. The zero-order valence-electron chi connectivity index (χ0n) is 16.7. The summed E-state index contributed by atoms with van der Waals surface area (Å²) in [5, 5.41) is 8.37. The third-order valence-electron chi connectivity index (χ3n) is 5.54. The quantitative estimate of drug-likeness (QED) is 0.704. The third-order valence-corrected chi connectivity index (χ3v) is 5.54. The van der Waals surface area contributed by atoms with Crippen molar-refractivity contribution >= 4 is 35.1 Å². The van der Waals surface area contributed by atoms with E-state index in [0.717, 1.165) is 16.2 Å². The molecular formula is C21H23BN2O4. The van der Waals surface area contributed by atoms with Crippen LogP contribution in [-0.4, -0.2) is 29.4 Å². The molecule has 1 N–H and O–H groups in total. The summed E-state index contributed by atoms with van der Waals surface area (Å²) in [4.78, 5) is 12.7. The van der Waals surface area contributed by atoms with Gasteiger partial charge in [0.1, 0.15) is 5.76 Å². The van der Waals surface area contributed by atoms with E-state index >= 15 is 0 Å². The predicted octanol–water partition coefficient (Wildman–Crippen LogP) is 3.69. The zero-order chi connectivity index (χ0) is 20.1. The van der Waals surface area contributed by atoms with Gasteiger partial charge < -0.3 is 19.1 Å². The van der Waals surface area contributed by atoms with Gasteiger partial charge in [-0.25, -0.2) is 0 Å². The molecule has 0 bridgehead atoms. The Labute approximate surface area is 164 Å². The lowest BCUT2D eigenvalue weighted by Gasteiger charge is -2.32. The number of amides is 1. The molecule has 1 saturated heterocycles. The second-order valence-corrected chi connectivity index (χ2v) is 8.15. The number of aromatic nitrogens is 1. The Bertz CT molecular complexity index is 1040.